The number of nitrogens with one attached hydrogen (secondary N) is 2. The molecule has 1 saturated heterocycles. The highest BCUT2D eigenvalue weighted by molar-refractivity contribution is 6.15. The molecule has 0 aliphatic carbocycles. The maximum absolute atomic E-state index is 13.0. The van der Waals surface area contributed by atoms with E-state index in [9.17, 15) is 14.0 Å². The summed E-state index contributed by atoms with van der Waals surface area (Å²) >= 11 is 0. The van der Waals surface area contributed by atoms with Gasteiger partial charge in [0.05, 0.1) is 5.56 Å². The number of hydrogen-bond acceptors (Lipinski definition) is 3. The first kappa shape index (κ1) is 19.1. The van der Waals surface area contributed by atoms with Crippen LogP contribution in [0.5, 0.6) is 0 Å². The Morgan fingerprint density at radius 3 is 2.20 bits per heavy atom. The van der Waals surface area contributed by atoms with Gasteiger partial charge in [0.25, 0.3) is 5.91 Å². The van der Waals surface area contributed by atoms with E-state index in [1.807, 2.05) is 0 Å². The quantitative estimate of drug-likeness (QED) is 0.822. The summed E-state index contributed by atoms with van der Waals surface area (Å²) in [7, 11) is 0. The Bertz CT molecular complexity index is 743. The van der Waals surface area contributed by atoms with Crippen molar-refractivity contribution >= 4 is 24.1 Å². The summed E-state index contributed by atoms with van der Waals surface area (Å²) in [4.78, 5) is 25.2. The Hall–Kier alpha value is -2.24. The summed E-state index contributed by atoms with van der Waals surface area (Å²) in [6.45, 7) is 1.75. The summed E-state index contributed by atoms with van der Waals surface area (Å²) in [5.41, 5.74) is 1.04. The van der Waals surface area contributed by atoms with E-state index in [0.29, 0.717) is 16.7 Å². The predicted octanol–water partition coefficient (Wildman–Crippen LogP) is 2.96. The van der Waals surface area contributed by atoms with E-state index in [0.717, 1.165) is 25.9 Å². The van der Waals surface area contributed by atoms with Gasteiger partial charge in [-0.05, 0) is 56.3 Å². The number of amides is 1. The van der Waals surface area contributed by atoms with Crippen LogP contribution < -0.4 is 10.6 Å². The third kappa shape index (κ3) is 4.65. The zero-order valence-electron chi connectivity index (χ0n) is 13.6. The molecule has 0 radical (unpaired) electrons. The second-order valence-corrected chi connectivity index (χ2v) is 5.88. The van der Waals surface area contributed by atoms with Crippen LogP contribution in [0.15, 0.2) is 48.5 Å². The number of rotatable bonds is 4. The van der Waals surface area contributed by atoms with Crippen molar-refractivity contribution in [1.82, 2.24) is 10.6 Å². The summed E-state index contributed by atoms with van der Waals surface area (Å²) in [6, 6.07) is 12.2. The average Bonchev–Trinajstić information content (AvgIpc) is 2.62. The second-order valence-electron chi connectivity index (χ2n) is 5.88. The van der Waals surface area contributed by atoms with Gasteiger partial charge in [0.1, 0.15) is 5.82 Å². The Kier molecular flexibility index (Phi) is 6.67. The van der Waals surface area contributed by atoms with Crippen molar-refractivity contribution in [3.63, 3.8) is 0 Å². The SMILES string of the molecule is Cl.O=C(NC1CCNCC1)c1ccccc1C(=O)c1ccc(F)cc1. The van der Waals surface area contributed by atoms with Crippen molar-refractivity contribution in [2.75, 3.05) is 13.1 Å². The Morgan fingerprint density at radius 2 is 1.56 bits per heavy atom. The van der Waals surface area contributed by atoms with Crippen molar-refractivity contribution < 1.29 is 14.0 Å². The van der Waals surface area contributed by atoms with Crippen molar-refractivity contribution in [3.8, 4) is 0 Å². The standard InChI is InChI=1S/C19H19FN2O2.ClH/c20-14-7-5-13(6-8-14)18(23)16-3-1-2-4-17(16)19(24)22-15-9-11-21-12-10-15;/h1-8,15,21H,9-12H2,(H,22,24);1H. The van der Waals surface area contributed by atoms with Gasteiger partial charge in [-0.1, -0.05) is 18.2 Å². The summed E-state index contributed by atoms with van der Waals surface area (Å²) in [6.07, 6.45) is 1.75. The van der Waals surface area contributed by atoms with Crippen molar-refractivity contribution in [2.24, 2.45) is 0 Å². The molecule has 1 amide bonds. The Morgan fingerprint density at radius 1 is 0.960 bits per heavy atom. The molecule has 1 aliphatic rings. The van der Waals surface area contributed by atoms with Crippen LogP contribution in [0.2, 0.25) is 0 Å². The molecule has 1 fully saturated rings. The maximum atomic E-state index is 13.0. The van der Waals surface area contributed by atoms with Crippen LogP contribution >= 0.6 is 12.4 Å². The molecule has 0 saturated carbocycles. The van der Waals surface area contributed by atoms with E-state index >= 15 is 0 Å². The first-order valence-corrected chi connectivity index (χ1v) is 8.06. The van der Waals surface area contributed by atoms with Gasteiger partial charge < -0.3 is 10.6 Å². The molecule has 0 atom stereocenters. The van der Waals surface area contributed by atoms with Crippen LogP contribution in [0.4, 0.5) is 4.39 Å². The topological polar surface area (TPSA) is 58.2 Å². The molecule has 3 rings (SSSR count). The van der Waals surface area contributed by atoms with E-state index in [1.54, 1.807) is 24.3 Å². The number of carbonyl (C=O) groups is 2. The third-order valence-corrected chi connectivity index (χ3v) is 4.20. The molecular formula is C19H20ClFN2O2. The van der Waals surface area contributed by atoms with Crippen molar-refractivity contribution in [3.05, 3.63) is 71.0 Å². The summed E-state index contributed by atoms with van der Waals surface area (Å²) in [5.74, 6) is -0.928. The number of benzene rings is 2. The molecule has 1 heterocycles. The van der Waals surface area contributed by atoms with Crippen LogP contribution in [0.1, 0.15) is 39.1 Å². The average molecular weight is 363 g/mol. The Balaban J connectivity index is 0.00000225. The molecule has 25 heavy (non-hydrogen) atoms. The molecule has 6 heteroatoms. The van der Waals surface area contributed by atoms with Crippen LogP contribution in [-0.4, -0.2) is 30.8 Å². The van der Waals surface area contributed by atoms with Gasteiger partial charge in [-0.3, -0.25) is 9.59 Å². The zero-order chi connectivity index (χ0) is 16.9. The third-order valence-electron chi connectivity index (χ3n) is 4.20. The highest BCUT2D eigenvalue weighted by Gasteiger charge is 2.21. The van der Waals surface area contributed by atoms with Gasteiger partial charge in [-0.15, -0.1) is 12.4 Å². The van der Waals surface area contributed by atoms with Gasteiger partial charge in [0, 0.05) is 17.2 Å². The zero-order valence-corrected chi connectivity index (χ0v) is 14.4. The highest BCUT2D eigenvalue weighted by Crippen LogP contribution is 2.16. The molecule has 132 valence electrons. The predicted molar refractivity (Wildman–Crippen MR) is 96.9 cm³/mol. The largest absolute Gasteiger partial charge is 0.349 e. The minimum atomic E-state index is -0.400. The first-order chi connectivity index (χ1) is 11.6. The fourth-order valence-electron chi connectivity index (χ4n) is 2.87. The monoisotopic (exact) mass is 362 g/mol. The van der Waals surface area contributed by atoms with Crippen LogP contribution in [0.3, 0.4) is 0 Å². The molecule has 0 spiro atoms. The van der Waals surface area contributed by atoms with Gasteiger partial charge >= 0.3 is 0 Å². The van der Waals surface area contributed by atoms with Gasteiger partial charge in [0.15, 0.2) is 5.78 Å². The van der Waals surface area contributed by atoms with Gasteiger partial charge in [-0.2, -0.15) is 0 Å². The van der Waals surface area contributed by atoms with Crippen LogP contribution in [0, 0.1) is 5.82 Å². The molecule has 0 aromatic heterocycles. The molecule has 2 N–H and O–H groups in total. The van der Waals surface area contributed by atoms with Gasteiger partial charge in [0.2, 0.25) is 0 Å². The Labute approximate surface area is 152 Å². The number of hydrogen-bond donors (Lipinski definition) is 2. The lowest BCUT2D eigenvalue weighted by atomic mass is 9.97. The van der Waals surface area contributed by atoms with Crippen molar-refractivity contribution in [2.45, 2.75) is 18.9 Å². The summed E-state index contributed by atoms with van der Waals surface area (Å²) < 4.78 is 13.0. The van der Waals surface area contributed by atoms with Crippen LogP contribution in [-0.2, 0) is 0 Å². The van der Waals surface area contributed by atoms with Crippen LogP contribution in [0.25, 0.3) is 0 Å². The highest BCUT2D eigenvalue weighted by atomic mass is 35.5. The van der Waals surface area contributed by atoms with E-state index in [-0.39, 0.29) is 30.1 Å². The molecule has 0 bridgehead atoms. The van der Waals surface area contributed by atoms with E-state index < -0.39 is 5.82 Å². The lowest BCUT2D eigenvalue weighted by molar-refractivity contribution is 0.0920. The number of ketones is 1. The fourth-order valence-corrected chi connectivity index (χ4v) is 2.87. The maximum Gasteiger partial charge on any atom is 0.252 e. The molecule has 4 nitrogen and oxygen atoms in total. The molecule has 2 aromatic carbocycles. The number of halogens is 2. The number of piperidine rings is 1. The molecule has 2 aromatic rings. The molecular weight excluding hydrogens is 343 g/mol. The fraction of sp³-hybridized carbons (Fsp3) is 0.263. The van der Waals surface area contributed by atoms with Gasteiger partial charge in [-0.25, -0.2) is 4.39 Å². The van der Waals surface area contributed by atoms with E-state index in [1.165, 1.54) is 24.3 Å². The first-order valence-electron chi connectivity index (χ1n) is 8.06. The molecule has 0 unspecified atom stereocenters. The summed E-state index contributed by atoms with van der Waals surface area (Å²) in [5, 5.41) is 6.25. The molecule has 1 aliphatic heterocycles. The van der Waals surface area contributed by atoms with Crippen molar-refractivity contribution in [1.29, 1.82) is 0 Å². The minimum Gasteiger partial charge on any atom is -0.349 e. The van der Waals surface area contributed by atoms with E-state index in [2.05, 4.69) is 10.6 Å². The smallest absolute Gasteiger partial charge is 0.252 e. The lowest BCUT2D eigenvalue weighted by Crippen LogP contribution is -2.43. The van der Waals surface area contributed by atoms with E-state index in [4.69, 9.17) is 0 Å². The number of carbonyl (C=O) groups excluding carboxylic acids is 2. The lowest BCUT2D eigenvalue weighted by Gasteiger charge is -2.24. The second kappa shape index (κ2) is 8.74. The normalized spacial score (nSPS) is 14.4. The minimum absolute atomic E-state index is 0.